The number of hydrogen-bond acceptors (Lipinski definition) is 4. The van der Waals surface area contributed by atoms with Crippen molar-refractivity contribution < 1.29 is 4.74 Å². The first-order valence-electron chi connectivity index (χ1n) is 5.81. The molecule has 0 aliphatic carbocycles. The molecule has 0 aliphatic rings. The zero-order chi connectivity index (χ0) is 14.1. The average Bonchev–Trinajstić information content (AvgIpc) is 2.89. The third-order valence-corrected chi connectivity index (χ3v) is 3.19. The van der Waals surface area contributed by atoms with Crippen molar-refractivity contribution in [2.45, 2.75) is 0 Å². The van der Waals surface area contributed by atoms with Gasteiger partial charge in [0.05, 0.1) is 24.9 Å². The quantitative estimate of drug-likeness (QED) is 0.734. The number of hydrogen-bond donors (Lipinski definition) is 1. The first kappa shape index (κ1) is 12.5. The number of aromatic amines is 1. The van der Waals surface area contributed by atoms with Crippen molar-refractivity contribution in [2.24, 2.45) is 0 Å². The van der Waals surface area contributed by atoms with E-state index in [4.69, 9.17) is 21.6 Å². The molecule has 0 amide bonds. The zero-order valence-corrected chi connectivity index (χ0v) is 11.3. The topological polar surface area (TPSA) is 74.6 Å². The average molecular weight is 285 g/mol. The smallest absolute Gasteiger partial charge is 0.223 e. The van der Waals surface area contributed by atoms with Crippen molar-refractivity contribution in [3.8, 4) is 23.1 Å². The van der Waals surface area contributed by atoms with E-state index in [-0.39, 0.29) is 5.28 Å². The lowest BCUT2D eigenvalue weighted by molar-refractivity contribution is 0.412. The Morgan fingerprint density at radius 3 is 3.00 bits per heavy atom. The van der Waals surface area contributed by atoms with Crippen LogP contribution in [-0.4, -0.2) is 22.1 Å². The molecule has 2 aromatic heterocycles. The summed E-state index contributed by atoms with van der Waals surface area (Å²) in [6.07, 6.45) is 3.35. The minimum Gasteiger partial charge on any atom is -0.493 e. The van der Waals surface area contributed by atoms with Crippen LogP contribution in [0, 0.1) is 11.3 Å². The third kappa shape index (κ3) is 1.96. The van der Waals surface area contributed by atoms with Gasteiger partial charge in [-0.1, -0.05) is 6.07 Å². The van der Waals surface area contributed by atoms with E-state index < -0.39 is 0 Å². The molecule has 0 fully saturated rings. The first-order chi connectivity index (χ1) is 9.72. The van der Waals surface area contributed by atoms with Gasteiger partial charge in [-0.15, -0.1) is 0 Å². The molecule has 0 spiro atoms. The molecule has 0 aliphatic heterocycles. The van der Waals surface area contributed by atoms with Crippen molar-refractivity contribution in [3.05, 3.63) is 41.4 Å². The largest absolute Gasteiger partial charge is 0.493 e. The molecule has 6 heteroatoms. The van der Waals surface area contributed by atoms with Crippen LogP contribution in [0.2, 0.25) is 5.28 Å². The number of aromatic nitrogens is 3. The summed E-state index contributed by atoms with van der Waals surface area (Å²) >= 11 is 5.86. The van der Waals surface area contributed by atoms with Gasteiger partial charge in [0.1, 0.15) is 5.69 Å². The van der Waals surface area contributed by atoms with Gasteiger partial charge in [-0.2, -0.15) is 5.26 Å². The standard InChI is InChI=1S/C14H9ClN4O/c1-20-12-7-18-14(15)19-13(12)10-6-17-11-4-8(5-16)2-3-9(10)11/h2-4,6-7,17H,1H3. The molecule has 0 bridgehead atoms. The molecule has 3 aromatic rings. The molecule has 0 saturated heterocycles. The Labute approximate surface area is 119 Å². The highest BCUT2D eigenvalue weighted by Gasteiger charge is 2.14. The maximum absolute atomic E-state index is 8.92. The van der Waals surface area contributed by atoms with Crippen LogP contribution in [0.15, 0.2) is 30.6 Å². The van der Waals surface area contributed by atoms with Crippen LogP contribution in [0.4, 0.5) is 0 Å². The number of ether oxygens (including phenoxy) is 1. The molecular formula is C14H9ClN4O. The second kappa shape index (κ2) is 4.83. The Hall–Kier alpha value is -2.58. The zero-order valence-electron chi connectivity index (χ0n) is 10.5. The molecule has 0 atom stereocenters. The fraction of sp³-hybridized carbons (Fsp3) is 0.0714. The first-order valence-corrected chi connectivity index (χ1v) is 6.19. The highest BCUT2D eigenvalue weighted by molar-refractivity contribution is 6.28. The lowest BCUT2D eigenvalue weighted by atomic mass is 10.1. The highest BCUT2D eigenvalue weighted by Crippen LogP contribution is 2.33. The van der Waals surface area contributed by atoms with Crippen LogP contribution < -0.4 is 4.74 Å². The van der Waals surface area contributed by atoms with Gasteiger partial charge in [-0.25, -0.2) is 9.97 Å². The lowest BCUT2D eigenvalue weighted by Gasteiger charge is -2.06. The van der Waals surface area contributed by atoms with Crippen LogP contribution in [0.5, 0.6) is 5.75 Å². The SMILES string of the molecule is COc1cnc(Cl)nc1-c1c[nH]c2cc(C#N)ccc12. The highest BCUT2D eigenvalue weighted by atomic mass is 35.5. The lowest BCUT2D eigenvalue weighted by Crippen LogP contribution is -1.93. The van der Waals surface area contributed by atoms with E-state index in [2.05, 4.69) is 21.0 Å². The Kier molecular flexibility index (Phi) is 3.01. The number of halogens is 1. The van der Waals surface area contributed by atoms with Crippen LogP contribution in [0.1, 0.15) is 5.56 Å². The monoisotopic (exact) mass is 284 g/mol. The molecule has 0 radical (unpaired) electrons. The van der Waals surface area contributed by atoms with Gasteiger partial charge in [0.15, 0.2) is 5.75 Å². The molecule has 1 aromatic carbocycles. The Morgan fingerprint density at radius 2 is 2.25 bits per heavy atom. The summed E-state index contributed by atoms with van der Waals surface area (Å²) in [4.78, 5) is 11.2. The van der Waals surface area contributed by atoms with Crippen molar-refractivity contribution in [1.82, 2.24) is 15.0 Å². The molecule has 98 valence electrons. The van der Waals surface area contributed by atoms with E-state index >= 15 is 0 Å². The number of benzene rings is 1. The third-order valence-electron chi connectivity index (χ3n) is 3.01. The Bertz CT molecular complexity index is 835. The molecule has 1 N–H and O–H groups in total. The number of nitrogens with zero attached hydrogens (tertiary/aromatic N) is 3. The van der Waals surface area contributed by atoms with Crippen LogP contribution in [0.25, 0.3) is 22.2 Å². The van der Waals surface area contributed by atoms with Crippen molar-refractivity contribution in [1.29, 1.82) is 5.26 Å². The fourth-order valence-electron chi connectivity index (χ4n) is 2.08. The number of H-pyrrole nitrogens is 1. The van der Waals surface area contributed by atoms with Crippen molar-refractivity contribution in [3.63, 3.8) is 0 Å². The fourth-order valence-corrected chi connectivity index (χ4v) is 2.22. The minimum atomic E-state index is 0.156. The Morgan fingerprint density at radius 1 is 1.40 bits per heavy atom. The second-order valence-electron chi connectivity index (χ2n) is 4.13. The van der Waals surface area contributed by atoms with E-state index in [0.717, 1.165) is 16.5 Å². The normalized spacial score (nSPS) is 10.4. The van der Waals surface area contributed by atoms with Crippen LogP contribution in [0.3, 0.4) is 0 Å². The van der Waals surface area contributed by atoms with E-state index in [9.17, 15) is 0 Å². The number of nitriles is 1. The van der Waals surface area contributed by atoms with E-state index in [1.165, 1.54) is 6.20 Å². The van der Waals surface area contributed by atoms with Crippen molar-refractivity contribution in [2.75, 3.05) is 7.11 Å². The predicted molar refractivity (Wildman–Crippen MR) is 75.6 cm³/mol. The van der Waals surface area contributed by atoms with E-state index in [1.54, 1.807) is 19.2 Å². The van der Waals surface area contributed by atoms with Gasteiger partial charge in [0.25, 0.3) is 0 Å². The van der Waals surface area contributed by atoms with Crippen LogP contribution in [-0.2, 0) is 0 Å². The summed E-state index contributed by atoms with van der Waals surface area (Å²) in [5.74, 6) is 0.541. The predicted octanol–water partition coefficient (Wildman–Crippen LogP) is 3.16. The van der Waals surface area contributed by atoms with E-state index in [1.807, 2.05) is 12.3 Å². The molecule has 2 heterocycles. The summed E-state index contributed by atoms with van der Waals surface area (Å²) in [7, 11) is 1.55. The molecule has 0 saturated carbocycles. The van der Waals surface area contributed by atoms with Gasteiger partial charge in [-0.3, -0.25) is 0 Å². The summed E-state index contributed by atoms with van der Waals surface area (Å²) < 4.78 is 5.27. The molecule has 0 unspecified atom stereocenters. The Balaban J connectivity index is 2.25. The minimum absolute atomic E-state index is 0.156. The number of nitrogens with one attached hydrogen (secondary N) is 1. The summed E-state index contributed by atoms with van der Waals surface area (Å²) in [6, 6.07) is 7.52. The number of fused-ring (bicyclic) bond motifs is 1. The molecule has 3 rings (SSSR count). The summed E-state index contributed by atoms with van der Waals surface area (Å²) in [6.45, 7) is 0. The van der Waals surface area contributed by atoms with Crippen LogP contribution >= 0.6 is 11.6 Å². The molecular weight excluding hydrogens is 276 g/mol. The molecule has 20 heavy (non-hydrogen) atoms. The second-order valence-corrected chi connectivity index (χ2v) is 4.47. The van der Waals surface area contributed by atoms with Crippen molar-refractivity contribution >= 4 is 22.5 Å². The van der Waals surface area contributed by atoms with Gasteiger partial charge in [0.2, 0.25) is 5.28 Å². The van der Waals surface area contributed by atoms with Gasteiger partial charge in [0, 0.05) is 22.7 Å². The number of rotatable bonds is 2. The maximum atomic E-state index is 8.92. The number of methoxy groups -OCH3 is 1. The van der Waals surface area contributed by atoms with Gasteiger partial charge < -0.3 is 9.72 Å². The van der Waals surface area contributed by atoms with E-state index in [0.29, 0.717) is 17.0 Å². The maximum Gasteiger partial charge on any atom is 0.223 e. The summed E-state index contributed by atoms with van der Waals surface area (Å²) in [5, 5.41) is 10.0. The molecule has 5 nitrogen and oxygen atoms in total. The summed E-state index contributed by atoms with van der Waals surface area (Å²) in [5.41, 5.74) is 2.92. The van der Waals surface area contributed by atoms with Gasteiger partial charge >= 0.3 is 0 Å². The van der Waals surface area contributed by atoms with Gasteiger partial charge in [-0.05, 0) is 23.7 Å².